The highest BCUT2D eigenvalue weighted by molar-refractivity contribution is 6.36. The first-order valence-corrected chi connectivity index (χ1v) is 11.2. The Hall–Kier alpha value is -4.40. The number of ether oxygens (including phenoxy) is 1. The Morgan fingerprint density at radius 3 is 2.50 bits per heavy atom. The average Bonchev–Trinajstić information content (AvgIpc) is 3.40. The van der Waals surface area contributed by atoms with Gasteiger partial charge in [0.15, 0.2) is 5.76 Å². The quantitative estimate of drug-likeness (QED) is 0.138. The van der Waals surface area contributed by atoms with E-state index in [0.29, 0.717) is 16.3 Å². The maximum absolute atomic E-state index is 12.5. The summed E-state index contributed by atoms with van der Waals surface area (Å²) in [6.07, 6.45) is 2.73. The van der Waals surface area contributed by atoms with Crippen molar-refractivity contribution in [3.63, 3.8) is 0 Å². The fraction of sp³-hybridized carbons (Fsp3) is 0. The molecule has 0 atom stereocenters. The van der Waals surface area contributed by atoms with Crippen molar-refractivity contribution in [2.45, 2.75) is 0 Å². The van der Waals surface area contributed by atoms with Crippen molar-refractivity contribution in [1.29, 1.82) is 0 Å². The third kappa shape index (κ3) is 6.18. The number of para-hydroxylation sites is 1. The molecule has 1 aromatic heterocycles. The molecule has 180 valence electrons. The van der Waals surface area contributed by atoms with Crippen LogP contribution in [-0.4, -0.2) is 24.0 Å². The number of carbonyl (C=O) groups excluding carboxylic acids is 3. The van der Waals surface area contributed by atoms with Crippen LogP contribution in [0.1, 0.15) is 36.8 Å². The Balaban J connectivity index is 1.41. The van der Waals surface area contributed by atoms with Gasteiger partial charge in [0.2, 0.25) is 0 Å². The Labute approximate surface area is 215 Å². The van der Waals surface area contributed by atoms with E-state index in [0.717, 1.165) is 0 Å². The molecule has 0 spiro atoms. The number of hydrazone groups is 1. The van der Waals surface area contributed by atoms with Crippen molar-refractivity contribution < 1.29 is 23.5 Å². The van der Waals surface area contributed by atoms with Gasteiger partial charge in [-0.25, -0.2) is 10.2 Å². The second kappa shape index (κ2) is 11.4. The van der Waals surface area contributed by atoms with Crippen LogP contribution in [0.5, 0.6) is 5.75 Å². The number of nitrogens with one attached hydrogen (secondary N) is 2. The predicted octanol–water partition coefficient (Wildman–Crippen LogP) is 5.82. The molecule has 0 saturated carbocycles. The number of nitrogens with zero attached hydrogens (tertiary/aromatic N) is 1. The summed E-state index contributed by atoms with van der Waals surface area (Å²) in [7, 11) is 0. The molecule has 2 N–H and O–H groups in total. The average molecular weight is 522 g/mol. The van der Waals surface area contributed by atoms with Crippen LogP contribution >= 0.6 is 23.2 Å². The van der Waals surface area contributed by atoms with Gasteiger partial charge in [-0.3, -0.25) is 9.59 Å². The summed E-state index contributed by atoms with van der Waals surface area (Å²) in [5, 5.41) is 7.16. The van der Waals surface area contributed by atoms with Gasteiger partial charge in [0.05, 0.1) is 23.1 Å². The Bertz CT molecular complexity index is 1450. The molecule has 0 aliphatic heterocycles. The highest BCUT2D eigenvalue weighted by Gasteiger charge is 2.15. The summed E-state index contributed by atoms with van der Waals surface area (Å²) in [5.41, 5.74) is 3.67. The van der Waals surface area contributed by atoms with Crippen LogP contribution in [0.25, 0.3) is 0 Å². The predicted molar refractivity (Wildman–Crippen MR) is 136 cm³/mol. The number of halogens is 2. The molecule has 36 heavy (non-hydrogen) atoms. The zero-order chi connectivity index (χ0) is 25.5. The number of hydrogen-bond donors (Lipinski definition) is 2. The van der Waals surface area contributed by atoms with Gasteiger partial charge in [-0.05, 0) is 60.7 Å². The van der Waals surface area contributed by atoms with Crippen LogP contribution in [0, 0.1) is 0 Å². The van der Waals surface area contributed by atoms with Gasteiger partial charge in [-0.15, -0.1) is 0 Å². The molecule has 3 aromatic carbocycles. The summed E-state index contributed by atoms with van der Waals surface area (Å²) < 4.78 is 10.5. The van der Waals surface area contributed by atoms with Crippen LogP contribution in [-0.2, 0) is 0 Å². The molecule has 4 rings (SSSR count). The summed E-state index contributed by atoms with van der Waals surface area (Å²) >= 11 is 12.0. The van der Waals surface area contributed by atoms with Crippen LogP contribution in [0.15, 0.2) is 94.6 Å². The van der Waals surface area contributed by atoms with Gasteiger partial charge in [-0.2, -0.15) is 5.10 Å². The van der Waals surface area contributed by atoms with Crippen molar-refractivity contribution in [3.8, 4) is 5.75 Å². The van der Waals surface area contributed by atoms with Gasteiger partial charge in [0.1, 0.15) is 5.75 Å². The van der Waals surface area contributed by atoms with E-state index >= 15 is 0 Å². The Morgan fingerprint density at radius 1 is 0.889 bits per heavy atom. The van der Waals surface area contributed by atoms with Gasteiger partial charge < -0.3 is 14.5 Å². The zero-order valence-corrected chi connectivity index (χ0v) is 19.9. The molecule has 0 fully saturated rings. The molecule has 0 unspecified atom stereocenters. The lowest BCUT2D eigenvalue weighted by atomic mass is 10.2. The molecular weight excluding hydrogens is 505 g/mol. The van der Waals surface area contributed by atoms with Crippen molar-refractivity contribution >= 4 is 52.9 Å². The van der Waals surface area contributed by atoms with Crippen LogP contribution in [0.2, 0.25) is 10.0 Å². The number of carbonyl (C=O) groups is 3. The van der Waals surface area contributed by atoms with Gasteiger partial charge >= 0.3 is 5.97 Å². The third-order valence-corrected chi connectivity index (χ3v) is 5.32. The van der Waals surface area contributed by atoms with E-state index in [9.17, 15) is 14.4 Å². The summed E-state index contributed by atoms with van der Waals surface area (Å²) in [6.45, 7) is 0. The number of benzene rings is 3. The first-order chi connectivity index (χ1) is 17.4. The fourth-order valence-corrected chi connectivity index (χ4v) is 3.54. The highest BCUT2D eigenvalue weighted by Crippen LogP contribution is 2.24. The van der Waals surface area contributed by atoms with Crippen molar-refractivity contribution in [2.24, 2.45) is 5.10 Å². The maximum Gasteiger partial charge on any atom is 0.345 e. The first kappa shape index (κ1) is 24.7. The topological polar surface area (TPSA) is 110 Å². The van der Waals surface area contributed by atoms with E-state index in [4.69, 9.17) is 32.4 Å². The molecule has 8 nitrogen and oxygen atoms in total. The van der Waals surface area contributed by atoms with E-state index < -0.39 is 17.8 Å². The number of esters is 1. The van der Waals surface area contributed by atoms with E-state index in [1.165, 1.54) is 42.8 Å². The normalized spacial score (nSPS) is 10.7. The van der Waals surface area contributed by atoms with Crippen LogP contribution < -0.4 is 15.5 Å². The number of amides is 2. The van der Waals surface area contributed by atoms with Crippen LogP contribution in [0.3, 0.4) is 0 Å². The molecule has 0 radical (unpaired) electrons. The minimum absolute atomic E-state index is 0.146. The summed E-state index contributed by atoms with van der Waals surface area (Å²) in [4.78, 5) is 37.2. The lowest BCUT2D eigenvalue weighted by Gasteiger charge is -2.08. The fourth-order valence-electron chi connectivity index (χ4n) is 3.05. The maximum atomic E-state index is 12.5. The standard InChI is InChI=1S/C26H17Cl2N3O5/c27-18-10-11-20(21(28)14-18)26(34)36-22-8-2-1-5-17(22)15-29-31-24(32)16-6-3-7-19(13-16)30-25(33)23-9-4-12-35-23/h1-15H,(H,30,33)(H,31,32). The minimum atomic E-state index is -0.671. The number of furan rings is 1. The van der Waals surface area contributed by atoms with E-state index in [1.54, 1.807) is 48.5 Å². The molecule has 4 aromatic rings. The van der Waals surface area contributed by atoms with Gasteiger partial charge in [0.25, 0.3) is 11.8 Å². The Morgan fingerprint density at radius 2 is 1.72 bits per heavy atom. The minimum Gasteiger partial charge on any atom is -0.459 e. The van der Waals surface area contributed by atoms with Gasteiger partial charge in [0, 0.05) is 21.8 Å². The number of rotatable bonds is 7. The van der Waals surface area contributed by atoms with Crippen LogP contribution in [0.4, 0.5) is 5.69 Å². The molecule has 0 saturated heterocycles. The molecule has 0 aliphatic rings. The monoisotopic (exact) mass is 521 g/mol. The molecule has 1 heterocycles. The second-order valence-corrected chi connectivity index (χ2v) is 8.11. The molecular formula is C26H17Cl2N3O5. The smallest absolute Gasteiger partial charge is 0.345 e. The van der Waals surface area contributed by atoms with E-state index in [-0.39, 0.29) is 27.7 Å². The summed E-state index contributed by atoms with van der Waals surface area (Å²) in [5.74, 6) is -1.26. The number of anilines is 1. The van der Waals surface area contributed by atoms with E-state index in [2.05, 4.69) is 15.8 Å². The molecule has 0 bridgehead atoms. The highest BCUT2D eigenvalue weighted by atomic mass is 35.5. The lowest BCUT2D eigenvalue weighted by Crippen LogP contribution is -2.18. The zero-order valence-electron chi connectivity index (χ0n) is 18.4. The first-order valence-electron chi connectivity index (χ1n) is 10.5. The Kier molecular flexibility index (Phi) is 7.79. The van der Waals surface area contributed by atoms with E-state index in [1.807, 2.05) is 0 Å². The summed E-state index contributed by atoms with van der Waals surface area (Å²) in [6, 6.07) is 20.5. The molecule has 0 aliphatic carbocycles. The second-order valence-electron chi connectivity index (χ2n) is 7.26. The lowest BCUT2D eigenvalue weighted by molar-refractivity contribution is 0.0734. The molecule has 10 heteroatoms. The SMILES string of the molecule is O=C(NN=Cc1ccccc1OC(=O)c1ccc(Cl)cc1Cl)c1cccc(NC(=O)c2ccco2)c1. The van der Waals surface area contributed by atoms with Crippen molar-refractivity contribution in [2.75, 3.05) is 5.32 Å². The largest absolute Gasteiger partial charge is 0.459 e. The van der Waals surface area contributed by atoms with Crippen molar-refractivity contribution in [3.05, 3.63) is 118 Å². The van der Waals surface area contributed by atoms with Crippen molar-refractivity contribution in [1.82, 2.24) is 5.43 Å². The third-order valence-electron chi connectivity index (χ3n) is 4.77. The number of hydrogen-bond acceptors (Lipinski definition) is 6. The molecule has 2 amide bonds. The van der Waals surface area contributed by atoms with Gasteiger partial charge in [-0.1, -0.05) is 41.4 Å².